The summed E-state index contributed by atoms with van der Waals surface area (Å²) in [6.45, 7) is 0. The van der Waals surface area contributed by atoms with Crippen LogP contribution in [0.2, 0.25) is 10.0 Å². The van der Waals surface area contributed by atoms with Crippen molar-refractivity contribution in [3.63, 3.8) is 0 Å². The fourth-order valence-corrected chi connectivity index (χ4v) is 2.46. The monoisotopic (exact) mass is 362 g/mol. The quantitative estimate of drug-likeness (QED) is 0.353. The molecular weight excluding hydrogens is 355 g/mol. The molecule has 3 rings (SSSR count). The van der Waals surface area contributed by atoms with Crippen LogP contribution in [0, 0.1) is 10.1 Å². The number of nitro groups is 1. The number of carbonyl (C=O) groups excluding carboxylic acids is 1. The van der Waals surface area contributed by atoms with Gasteiger partial charge in [0, 0.05) is 12.1 Å². The molecule has 6 nitrogen and oxygen atoms in total. The fourth-order valence-electron chi connectivity index (χ4n) is 2.08. The van der Waals surface area contributed by atoms with E-state index in [0.29, 0.717) is 16.1 Å². The van der Waals surface area contributed by atoms with E-state index < -0.39 is 10.9 Å². The number of esters is 1. The van der Waals surface area contributed by atoms with Crippen molar-refractivity contribution in [2.75, 3.05) is 0 Å². The molecule has 0 fully saturated rings. The average molecular weight is 363 g/mol. The van der Waals surface area contributed by atoms with E-state index in [4.69, 9.17) is 27.9 Å². The molecule has 0 amide bonds. The van der Waals surface area contributed by atoms with Crippen molar-refractivity contribution in [3.8, 4) is 0 Å². The molecule has 0 atom stereocenters. The van der Waals surface area contributed by atoms with Crippen LogP contribution in [-0.2, 0) is 9.53 Å². The molecule has 1 aliphatic heterocycles. The first kappa shape index (κ1) is 16.2. The Kier molecular flexibility index (Phi) is 4.33. The second-order valence-electron chi connectivity index (χ2n) is 4.79. The Morgan fingerprint density at radius 1 is 1.17 bits per heavy atom. The van der Waals surface area contributed by atoms with E-state index in [1.807, 2.05) is 0 Å². The normalized spacial score (nSPS) is 15.3. The summed E-state index contributed by atoms with van der Waals surface area (Å²) in [5.41, 5.74) is 0.776. The minimum atomic E-state index is -0.674. The van der Waals surface area contributed by atoms with E-state index in [1.54, 1.807) is 24.3 Å². The van der Waals surface area contributed by atoms with Crippen LogP contribution in [0.25, 0.3) is 6.08 Å². The SMILES string of the molecule is O=C1OC(c2cccc(Cl)c2Cl)=NC1=Cc1cccc([N+](=O)[O-])c1. The summed E-state index contributed by atoms with van der Waals surface area (Å²) in [5.74, 6) is -0.642. The number of rotatable bonds is 3. The van der Waals surface area contributed by atoms with E-state index in [0.717, 1.165) is 0 Å². The van der Waals surface area contributed by atoms with Gasteiger partial charge in [0.1, 0.15) is 0 Å². The molecule has 0 aliphatic carbocycles. The molecule has 2 aromatic carbocycles. The molecule has 2 aromatic rings. The molecule has 1 aliphatic rings. The average Bonchev–Trinajstić information content (AvgIpc) is 2.91. The summed E-state index contributed by atoms with van der Waals surface area (Å²) < 4.78 is 5.11. The van der Waals surface area contributed by atoms with E-state index in [9.17, 15) is 14.9 Å². The lowest BCUT2D eigenvalue weighted by molar-refractivity contribution is -0.384. The first-order chi connectivity index (χ1) is 11.5. The molecule has 0 spiro atoms. The van der Waals surface area contributed by atoms with Crippen molar-refractivity contribution in [1.82, 2.24) is 0 Å². The van der Waals surface area contributed by atoms with Crippen molar-refractivity contribution < 1.29 is 14.5 Å². The molecule has 8 heteroatoms. The Hall–Kier alpha value is -2.70. The summed E-state index contributed by atoms with van der Waals surface area (Å²) in [6, 6.07) is 10.7. The van der Waals surface area contributed by atoms with Gasteiger partial charge < -0.3 is 4.74 Å². The van der Waals surface area contributed by atoms with Crippen molar-refractivity contribution in [2.24, 2.45) is 4.99 Å². The van der Waals surface area contributed by atoms with E-state index in [2.05, 4.69) is 4.99 Å². The number of aliphatic imine (C=N–C) groups is 1. The standard InChI is InChI=1S/C16H8Cl2N2O4/c17-12-6-2-5-11(14(12)18)15-19-13(16(21)24-15)8-9-3-1-4-10(7-9)20(22)23/h1-8H. The third-order valence-corrected chi connectivity index (χ3v) is 4.01. The molecule has 0 saturated heterocycles. The number of halogens is 2. The third kappa shape index (κ3) is 3.15. The van der Waals surface area contributed by atoms with Crippen LogP contribution in [0.4, 0.5) is 5.69 Å². The number of hydrogen-bond acceptors (Lipinski definition) is 5. The van der Waals surface area contributed by atoms with Crippen LogP contribution >= 0.6 is 23.2 Å². The second kappa shape index (κ2) is 6.43. The number of carbonyl (C=O) groups is 1. The number of non-ortho nitro benzene ring substituents is 1. The first-order valence-electron chi connectivity index (χ1n) is 6.67. The fraction of sp³-hybridized carbons (Fsp3) is 0. The van der Waals surface area contributed by atoms with Gasteiger partial charge in [0.2, 0.25) is 5.90 Å². The van der Waals surface area contributed by atoms with Crippen molar-refractivity contribution in [2.45, 2.75) is 0 Å². The lowest BCUT2D eigenvalue weighted by Gasteiger charge is -2.03. The molecule has 1 heterocycles. The minimum Gasteiger partial charge on any atom is -0.402 e. The molecule has 0 radical (unpaired) electrons. The van der Waals surface area contributed by atoms with Gasteiger partial charge in [0.15, 0.2) is 5.70 Å². The van der Waals surface area contributed by atoms with Gasteiger partial charge in [-0.2, -0.15) is 0 Å². The van der Waals surface area contributed by atoms with Crippen LogP contribution in [-0.4, -0.2) is 16.8 Å². The zero-order valence-electron chi connectivity index (χ0n) is 11.9. The highest BCUT2D eigenvalue weighted by molar-refractivity contribution is 6.44. The molecule has 24 heavy (non-hydrogen) atoms. The minimum absolute atomic E-state index is 0.0153. The molecule has 0 saturated carbocycles. The van der Waals surface area contributed by atoms with Crippen molar-refractivity contribution in [3.05, 3.63) is 79.4 Å². The number of hydrogen-bond donors (Lipinski definition) is 0. The van der Waals surface area contributed by atoms with Crippen LogP contribution < -0.4 is 0 Å². The maximum atomic E-state index is 12.0. The lowest BCUT2D eigenvalue weighted by atomic mass is 10.1. The van der Waals surface area contributed by atoms with Gasteiger partial charge in [0.25, 0.3) is 5.69 Å². The lowest BCUT2D eigenvalue weighted by Crippen LogP contribution is -2.06. The highest BCUT2D eigenvalue weighted by Crippen LogP contribution is 2.29. The van der Waals surface area contributed by atoms with Crippen molar-refractivity contribution in [1.29, 1.82) is 0 Å². The Balaban J connectivity index is 1.99. The Labute approximate surface area is 146 Å². The molecule has 0 aromatic heterocycles. The molecule has 0 N–H and O–H groups in total. The molecule has 0 unspecified atom stereocenters. The van der Waals surface area contributed by atoms with Gasteiger partial charge in [0.05, 0.1) is 20.5 Å². The Bertz CT molecular complexity index is 922. The smallest absolute Gasteiger partial charge is 0.363 e. The molecular formula is C16H8Cl2N2O4. The number of nitrogens with zero attached hydrogens (tertiary/aromatic N) is 2. The van der Waals surface area contributed by atoms with Crippen LogP contribution in [0.5, 0.6) is 0 Å². The summed E-state index contributed by atoms with van der Waals surface area (Å²) in [7, 11) is 0. The number of nitro benzene ring substituents is 1. The van der Waals surface area contributed by atoms with Gasteiger partial charge in [-0.1, -0.05) is 41.4 Å². The molecule has 120 valence electrons. The number of ether oxygens (including phenoxy) is 1. The second-order valence-corrected chi connectivity index (χ2v) is 5.57. The number of benzene rings is 2. The Morgan fingerprint density at radius 2 is 1.92 bits per heavy atom. The maximum Gasteiger partial charge on any atom is 0.363 e. The number of cyclic esters (lactones) is 1. The third-order valence-electron chi connectivity index (χ3n) is 3.19. The van der Waals surface area contributed by atoms with Gasteiger partial charge in [-0.15, -0.1) is 0 Å². The van der Waals surface area contributed by atoms with Crippen LogP contribution in [0.15, 0.2) is 53.2 Å². The topological polar surface area (TPSA) is 81.8 Å². The highest BCUT2D eigenvalue weighted by atomic mass is 35.5. The van der Waals surface area contributed by atoms with Gasteiger partial charge in [-0.3, -0.25) is 10.1 Å². The summed E-state index contributed by atoms with van der Waals surface area (Å²) >= 11 is 12.0. The zero-order chi connectivity index (χ0) is 17.3. The highest BCUT2D eigenvalue weighted by Gasteiger charge is 2.26. The first-order valence-corrected chi connectivity index (χ1v) is 7.42. The van der Waals surface area contributed by atoms with Gasteiger partial charge >= 0.3 is 5.97 Å². The molecule has 0 bridgehead atoms. The van der Waals surface area contributed by atoms with Crippen LogP contribution in [0.3, 0.4) is 0 Å². The zero-order valence-corrected chi connectivity index (χ0v) is 13.4. The van der Waals surface area contributed by atoms with Gasteiger partial charge in [-0.25, -0.2) is 9.79 Å². The maximum absolute atomic E-state index is 12.0. The summed E-state index contributed by atoms with van der Waals surface area (Å²) in [5, 5.41) is 11.3. The van der Waals surface area contributed by atoms with E-state index in [-0.39, 0.29) is 22.3 Å². The summed E-state index contributed by atoms with van der Waals surface area (Å²) in [4.78, 5) is 26.3. The van der Waals surface area contributed by atoms with Crippen molar-refractivity contribution >= 4 is 46.8 Å². The predicted molar refractivity (Wildman–Crippen MR) is 90.2 cm³/mol. The Morgan fingerprint density at radius 3 is 2.67 bits per heavy atom. The van der Waals surface area contributed by atoms with E-state index in [1.165, 1.54) is 24.3 Å². The van der Waals surface area contributed by atoms with E-state index >= 15 is 0 Å². The predicted octanol–water partition coefficient (Wildman–Crippen LogP) is 4.25. The largest absolute Gasteiger partial charge is 0.402 e. The van der Waals surface area contributed by atoms with Crippen LogP contribution in [0.1, 0.15) is 11.1 Å². The van der Waals surface area contributed by atoms with Gasteiger partial charge in [-0.05, 0) is 23.8 Å². The summed E-state index contributed by atoms with van der Waals surface area (Å²) in [6.07, 6.45) is 1.40.